The number of nitrogens with one attached hydrogen (secondary N) is 2. The quantitative estimate of drug-likeness (QED) is 0.620. The van der Waals surface area contributed by atoms with Gasteiger partial charge in [0.15, 0.2) is 0 Å². The minimum Gasteiger partial charge on any atom is -0.357 e. The summed E-state index contributed by atoms with van der Waals surface area (Å²) in [7, 11) is -7.81. The number of halogens is 3. The van der Waals surface area contributed by atoms with Gasteiger partial charge < -0.3 is 4.90 Å². The van der Waals surface area contributed by atoms with Crippen LogP contribution in [0.25, 0.3) is 0 Å². The molecule has 2 aromatic rings. The minimum atomic E-state index is -5.39. The van der Waals surface area contributed by atoms with Gasteiger partial charge in [0.05, 0.1) is 23.4 Å². The minimum absolute atomic E-state index is 0.331. The van der Waals surface area contributed by atoms with Crippen molar-refractivity contribution in [3.63, 3.8) is 0 Å². The van der Waals surface area contributed by atoms with Gasteiger partial charge in [0, 0.05) is 38.6 Å². The molecule has 0 saturated carbocycles. The van der Waals surface area contributed by atoms with Crippen LogP contribution in [0.2, 0.25) is 0 Å². The molecule has 0 unspecified atom stereocenters. The molecule has 31 heavy (non-hydrogen) atoms. The molecule has 9 nitrogen and oxygen atoms in total. The summed E-state index contributed by atoms with van der Waals surface area (Å²) in [6, 6.07) is 6.23. The highest BCUT2D eigenvalue weighted by atomic mass is 32.2. The van der Waals surface area contributed by atoms with Crippen LogP contribution in [-0.2, 0) is 26.6 Å². The maximum Gasteiger partial charge on any atom is 0.501 e. The molecule has 3 rings (SSSR count). The maximum atomic E-state index is 12.7. The molecule has 0 aliphatic carbocycles. The monoisotopic (exact) mass is 479 g/mol. The van der Waals surface area contributed by atoms with Crippen molar-refractivity contribution in [3.05, 3.63) is 48.3 Å². The number of pyridine rings is 1. The van der Waals surface area contributed by atoms with Gasteiger partial charge >= 0.3 is 5.51 Å². The molecular formula is C17H20F3N5O4S2. The summed E-state index contributed by atoms with van der Waals surface area (Å²) in [5.41, 5.74) is -3.75. The highest BCUT2D eigenvalue weighted by molar-refractivity contribution is 7.92. The first-order valence-electron chi connectivity index (χ1n) is 8.96. The second-order valence-corrected chi connectivity index (χ2v) is 10.3. The van der Waals surface area contributed by atoms with E-state index in [1.807, 2.05) is 9.80 Å². The number of hydrogen-bond acceptors (Lipinski definition) is 7. The van der Waals surface area contributed by atoms with E-state index in [2.05, 4.69) is 14.4 Å². The number of aromatic nitrogens is 1. The zero-order valence-corrected chi connectivity index (χ0v) is 17.9. The van der Waals surface area contributed by atoms with Crippen LogP contribution in [0.1, 0.15) is 5.56 Å². The lowest BCUT2D eigenvalue weighted by Crippen LogP contribution is -2.28. The fraction of sp³-hybridized carbons (Fsp3) is 0.353. The molecule has 1 aliphatic heterocycles. The Kier molecular flexibility index (Phi) is 6.45. The number of anilines is 2. The lowest BCUT2D eigenvalue weighted by molar-refractivity contribution is -0.0436. The molecule has 1 aliphatic rings. The molecule has 170 valence electrons. The van der Waals surface area contributed by atoms with Gasteiger partial charge in [-0.3, -0.25) is 14.6 Å². The third-order valence-electron chi connectivity index (χ3n) is 4.69. The van der Waals surface area contributed by atoms with E-state index in [9.17, 15) is 30.0 Å². The fourth-order valence-electron chi connectivity index (χ4n) is 3.04. The SMILES string of the molecule is CNS(=O)(=O)Nc1cnccc1CN1CCN(c2ccc(S(=O)(=O)C(F)(F)F)cc2)C1. The Morgan fingerprint density at radius 2 is 1.74 bits per heavy atom. The Bertz CT molecular complexity index is 1140. The molecular weight excluding hydrogens is 459 g/mol. The van der Waals surface area contributed by atoms with Crippen LogP contribution < -0.4 is 14.3 Å². The molecule has 0 spiro atoms. The van der Waals surface area contributed by atoms with Gasteiger partial charge in [-0.15, -0.1) is 0 Å². The van der Waals surface area contributed by atoms with Gasteiger partial charge in [-0.05, 0) is 35.9 Å². The first-order chi connectivity index (χ1) is 14.4. The van der Waals surface area contributed by atoms with E-state index in [0.29, 0.717) is 43.2 Å². The third-order valence-corrected chi connectivity index (χ3v) is 7.22. The first kappa shape index (κ1) is 23.2. The Hall–Kier alpha value is -2.42. The smallest absolute Gasteiger partial charge is 0.357 e. The van der Waals surface area contributed by atoms with Gasteiger partial charge in [-0.1, -0.05) is 0 Å². The highest BCUT2D eigenvalue weighted by Gasteiger charge is 2.46. The van der Waals surface area contributed by atoms with E-state index >= 15 is 0 Å². The van der Waals surface area contributed by atoms with Crippen molar-refractivity contribution >= 4 is 31.4 Å². The number of rotatable bonds is 7. The summed E-state index contributed by atoms with van der Waals surface area (Å²) < 4.78 is 89.1. The Balaban J connectivity index is 1.70. The summed E-state index contributed by atoms with van der Waals surface area (Å²) in [6.45, 7) is 2.00. The predicted octanol–water partition coefficient (Wildman–Crippen LogP) is 1.53. The van der Waals surface area contributed by atoms with E-state index in [1.54, 1.807) is 12.3 Å². The highest BCUT2D eigenvalue weighted by Crippen LogP contribution is 2.31. The summed E-state index contributed by atoms with van der Waals surface area (Å²) in [6.07, 6.45) is 2.94. The van der Waals surface area contributed by atoms with E-state index < -0.39 is 30.5 Å². The maximum absolute atomic E-state index is 12.7. The average Bonchev–Trinajstić information content (AvgIpc) is 3.17. The van der Waals surface area contributed by atoms with Crippen LogP contribution in [0.5, 0.6) is 0 Å². The number of nitrogens with zero attached hydrogens (tertiary/aromatic N) is 3. The Morgan fingerprint density at radius 1 is 1.06 bits per heavy atom. The van der Waals surface area contributed by atoms with Gasteiger partial charge in [0.25, 0.3) is 20.0 Å². The normalized spacial score (nSPS) is 15.9. The largest absolute Gasteiger partial charge is 0.501 e. The van der Waals surface area contributed by atoms with Crippen LogP contribution >= 0.6 is 0 Å². The van der Waals surface area contributed by atoms with Crippen molar-refractivity contribution in [1.82, 2.24) is 14.6 Å². The van der Waals surface area contributed by atoms with Gasteiger partial charge in [0.1, 0.15) is 0 Å². The van der Waals surface area contributed by atoms with E-state index in [4.69, 9.17) is 0 Å². The topological polar surface area (TPSA) is 112 Å². The number of sulfone groups is 1. The summed E-state index contributed by atoms with van der Waals surface area (Å²) in [5, 5.41) is 0. The summed E-state index contributed by atoms with van der Waals surface area (Å²) in [5.74, 6) is 0. The molecule has 1 fully saturated rings. The van der Waals surface area contributed by atoms with Crippen LogP contribution in [0.3, 0.4) is 0 Å². The first-order valence-corrected chi connectivity index (χ1v) is 11.9. The zero-order chi connectivity index (χ0) is 22.9. The standard InChI is InChI=1S/C17H20F3N5O4S2/c1-21-31(28,29)23-16-10-22-7-6-13(16)11-24-8-9-25(12-24)14-2-4-15(5-3-14)30(26,27)17(18,19)20/h2-7,10,21,23H,8-9,11-12H2,1H3. The number of hydrogen-bond donors (Lipinski definition) is 2. The molecule has 14 heteroatoms. The summed E-state index contributed by atoms with van der Waals surface area (Å²) >= 11 is 0. The number of alkyl halides is 3. The lowest BCUT2D eigenvalue weighted by Gasteiger charge is -2.21. The van der Waals surface area contributed by atoms with Crippen molar-refractivity contribution in [2.75, 3.05) is 36.4 Å². The molecule has 1 aromatic carbocycles. The third kappa shape index (κ3) is 5.26. The predicted molar refractivity (Wildman–Crippen MR) is 108 cm³/mol. The van der Waals surface area contributed by atoms with Gasteiger partial charge in [-0.25, -0.2) is 13.1 Å². The van der Waals surface area contributed by atoms with Crippen LogP contribution in [0.15, 0.2) is 47.6 Å². The van der Waals surface area contributed by atoms with Gasteiger partial charge in [-0.2, -0.15) is 21.6 Å². The van der Waals surface area contributed by atoms with E-state index in [-0.39, 0.29) is 0 Å². The molecule has 0 amide bonds. The average molecular weight is 480 g/mol. The molecule has 1 saturated heterocycles. The second kappa shape index (κ2) is 8.61. The molecule has 0 atom stereocenters. The Labute approximate surface area is 178 Å². The fourth-order valence-corrected chi connectivity index (χ4v) is 4.38. The number of benzene rings is 1. The van der Waals surface area contributed by atoms with Crippen molar-refractivity contribution < 1.29 is 30.0 Å². The van der Waals surface area contributed by atoms with Crippen molar-refractivity contribution in [3.8, 4) is 0 Å². The van der Waals surface area contributed by atoms with Crippen molar-refractivity contribution in [2.45, 2.75) is 16.9 Å². The molecule has 0 bridgehead atoms. The molecule has 2 heterocycles. The zero-order valence-electron chi connectivity index (χ0n) is 16.3. The van der Waals surface area contributed by atoms with Crippen LogP contribution in [0, 0.1) is 0 Å². The molecule has 1 aromatic heterocycles. The van der Waals surface area contributed by atoms with Crippen LogP contribution in [0.4, 0.5) is 24.5 Å². The molecule has 0 radical (unpaired) electrons. The van der Waals surface area contributed by atoms with Crippen molar-refractivity contribution in [1.29, 1.82) is 0 Å². The van der Waals surface area contributed by atoms with Crippen LogP contribution in [-0.4, -0.2) is 59.0 Å². The Morgan fingerprint density at radius 3 is 2.35 bits per heavy atom. The lowest BCUT2D eigenvalue weighted by atomic mass is 10.2. The van der Waals surface area contributed by atoms with E-state index in [0.717, 1.165) is 12.1 Å². The van der Waals surface area contributed by atoms with Crippen molar-refractivity contribution in [2.24, 2.45) is 0 Å². The molecule has 2 N–H and O–H groups in total. The summed E-state index contributed by atoms with van der Waals surface area (Å²) in [4.78, 5) is 7.01. The van der Waals surface area contributed by atoms with E-state index in [1.165, 1.54) is 25.4 Å². The second-order valence-electron chi connectivity index (χ2n) is 6.74. The van der Waals surface area contributed by atoms with Gasteiger partial charge in [0.2, 0.25) is 0 Å².